The Morgan fingerprint density at radius 2 is 1.36 bits per heavy atom. The van der Waals surface area contributed by atoms with E-state index < -0.39 is 11.9 Å². The van der Waals surface area contributed by atoms with E-state index in [1.165, 1.54) is 21.1 Å². The van der Waals surface area contributed by atoms with Crippen LogP contribution in [0.1, 0.15) is 6.92 Å². The van der Waals surface area contributed by atoms with Crippen LogP contribution in [0.2, 0.25) is 0 Å². The van der Waals surface area contributed by atoms with Gasteiger partial charge in [-0.2, -0.15) is 12.8 Å². The maximum absolute atomic E-state index is 10.6. The predicted octanol–water partition coefficient (Wildman–Crippen LogP) is -3.07. The van der Waals surface area contributed by atoms with Crippen LogP contribution in [0.4, 0.5) is 0 Å². The van der Waals surface area contributed by atoms with Crippen molar-refractivity contribution in [2.45, 2.75) is 6.92 Å². The van der Waals surface area contributed by atoms with Gasteiger partial charge >= 0.3 is 18.9 Å². The molecule has 0 rings (SSSR count). The minimum Gasteiger partial charge on any atom is -0.491 e. The second-order valence-electron chi connectivity index (χ2n) is 1.61. The van der Waals surface area contributed by atoms with Gasteiger partial charge in [-0.25, -0.2) is 0 Å². The van der Waals surface area contributed by atoms with Gasteiger partial charge in [0.05, 0.1) is 14.2 Å². The van der Waals surface area contributed by atoms with Gasteiger partial charge in [0.25, 0.3) is 0 Å². The summed E-state index contributed by atoms with van der Waals surface area (Å²) in [5, 5.41) is 0. The number of rotatable bonds is 2. The molecule has 5 heteroatoms. The Hall–Kier alpha value is -0.593. The molecule has 0 aliphatic heterocycles. The smallest absolute Gasteiger partial charge is 0.491 e. The van der Waals surface area contributed by atoms with Crippen LogP contribution in [-0.4, -0.2) is 26.2 Å². The van der Waals surface area contributed by atoms with E-state index in [0.29, 0.717) is 0 Å². The first kappa shape index (κ1) is 13.0. The molecule has 0 aliphatic rings. The van der Waals surface area contributed by atoms with Gasteiger partial charge in [-0.15, -0.1) is 0 Å². The SMILES string of the molecule is COC(=O)[C-](C)C(=O)OC.[Li+]. The zero-order valence-corrected chi connectivity index (χ0v) is 7.13. The number of esters is 2. The maximum Gasteiger partial charge on any atom is 1.00 e. The van der Waals surface area contributed by atoms with Gasteiger partial charge in [-0.3, -0.25) is 9.59 Å². The maximum atomic E-state index is 10.6. The van der Waals surface area contributed by atoms with E-state index in [9.17, 15) is 9.59 Å². The molecule has 0 aliphatic carbocycles. The zero-order chi connectivity index (χ0) is 8.15. The van der Waals surface area contributed by atoms with Crippen LogP contribution in [0, 0.1) is 5.92 Å². The van der Waals surface area contributed by atoms with Gasteiger partial charge in [0.15, 0.2) is 11.9 Å². The summed E-state index contributed by atoms with van der Waals surface area (Å²) in [5.41, 5.74) is 0. The van der Waals surface area contributed by atoms with Crippen molar-refractivity contribution in [3.8, 4) is 0 Å². The minimum atomic E-state index is -0.660. The number of hydrogen-bond donors (Lipinski definition) is 0. The first-order valence-electron chi connectivity index (χ1n) is 2.63. The molecule has 0 spiro atoms. The van der Waals surface area contributed by atoms with Crippen molar-refractivity contribution in [3.63, 3.8) is 0 Å². The standard InChI is InChI=1S/C6H9O4.Li/c1-4(5(7)9-2)6(8)10-3;/h1-3H3;/q-1;+1. The average molecular weight is 152 g/mol. The first-order chi connectivity index (χ1) is 4.63. The van der Waals surface area contributed by atoms with Crippen LogP contribution in [0.25, 0.3) is 0 Å². The number of hydrogen-bond acceptors (Lipinski definition) is 4. The molecule has 0 aromatic rings. The van der Waals surface area contributed by atoms with Crippen LogP contribution in [0.5, 0.6) is 0 Å². The molecule has 0 atom stereocenters. The van der Waals surface area contributed by atoms with Gasteiger partial charge in [-0.05, 0) is 0 Å². The summed E-state index contributed by atoms with van der Waals surface area (Å²) in [7, 11) is 2.41. The molecule has 0 amide bonds. The Bertz CT molecular complexity index is 130. The van der Waals surface area contributed by atoms with E-state index in [4.69, 9.17) is 0 Å². The summed E-state index contributed by atoms with van der Waals surface area (Å²) in [6.45, 7) is 1.34. The topological polar surface area (TPSA) is 52.6 Å². The van der Waals surface area contributed by atoms with Crippen LogP contribution in [0.3, 0.4) is 0 Å². The predicted molar refractivity (Wildman–Crippen MR) is 32.9 cm³/mol. The molecule has 0 unspecified atom stereocenters. The number of ether oxygens (including phenoxy) is 2. The van der Waals surface area contributed by atoms with Crippen molar-refractivity contribution in [3.05, 3.63) is 5.92 Å². The van der Waals surface area contributed by atoms with E-state index >= 15 is 0 Å². The van der Waals surface area contributed by atoms with E-state index in [0.717, 1.165) is 0 Å². The first-order valence-corrected chi connectivity index (χ1v) is 2.63. The van der Waals surface area contributed by atoms with E-state index in [2.05, 4.69) is 9.47 Å². The Kier molecular flexibility index (Phi) is 7.27. The van der Waals surface area contributed by atoms with Crippen LogP contribution < -0.4 is 18.9 Å². The van der Waals surface area contributed by atoms with E-state index in [1.54, 1.807) is 0 Å². The van der Waals surface area contributed by atoms with Gasteiger partial charge < -0.3 is 9.47 Å². The third kappa shape index (κ3) is 3.97. The molecular weight excluding hydrogens is 143 g/mol. The van der Waals surface area contributed by atoms with Gasteiger partial charge in [0.1, 0.15) is 0 Å². The molecule has 0 saturated carbocycles. The van der Waals surface area contributed by atoms with Gasteiger partial charge in [0.2, 0.25) is 0 Å². The monoisotopic (exact) mass is 152 g/mol. The Morgan fingerprint density at radius 3 is 1.55 bits per heavy atom. The summed E-state index contributed by atoms with van der Waals surface area (Å²) >= 11 is 0. The molecule has 0 radical (unpaired) electrons. The summed E-state index contributed by atoms with van der Waals surface area (Å²) in [6, 6.07) is 0. The van der Waals surface area contributed by atoms with Crippen molar-refractivity contribution in [1.82, 2.24) is 0 Å². The summed E-state index contributed by atoms with van der Waals surface area (Å²) in [5.74, 6) is -1.37. The summed E-state index contributed by atoms with van der Waals surface area (Å²) in [4.78, 5) is 21.1. The summed E-state index contributed by atoms with van der Waals surface area (Å²) in [6.07, 6.45) is 0. The largest absolute Gasteiger partial charge is 1.00 e. The van der Waals surface area contributed by atoms with E-state index in [1.807, 2.05) is 0 Å². The average Bonchev–Trinajstić information content (AvgIpc) is 2.00. The molecule has 4 nitrogen and oxygen atoms in total. The molecule has 11 heavy (non-hydrogen) atoms. The van der Waals surface area contributed by atoms with Crippen molar-refractivity contribution in [2.24, 2.45) is 0 Å². The van der Waals surface area contributed by atoms with E-state index in [-0.39, 0.29) is 24.8 Å². The molecule has 58 valence electrons. The van der Waals surface area contributed by atoms with Crippen molar-refractivity contribution >= 4 is 11.9 Å². The quantitative estimate of drug-likeness (QED) is 0.182. The molecule has 0 saturated heterocycles. The summed E-state index contributed by atoms with van der Waals surface area (Å²) < 4.78 is 8.52. The third-order valence-electron chi connectivity index (χ3n) is 0.983. The normalized spacial score (nSPS) is 7.55. The van der Waals surface area contributed by atoms with Crippen molar-refractivity contribution in [1.29, 1.82) is 0 Å². The fourth-order valence-corrected chi connectivity index (χ4v) is 0.390. The van der Waals surface area contributed by atoms with Crippen molar-refractivity contribution in [2.75, 3.05) is 14.2 Å². The number of carbonyl (C=O) groups is 2. The van der Waals surface area contributed by atoms with Crippen LogP contribution in [-0.2, 0) is 19.1 Å². The minimum absolute atomic E-state index is 0. The molecule has 0 heterocycles. The molecule has 0 fully saturated rings. The van der Waals surface area contributed by atoms with Crippen LogP contribution >= 0.6 is 0 Å². The molecule has 0 aromatic carbocycles. The number of methoxy groups -OCH3 is 2. The van der Waals surface area contributed by atoms with Crippen molar-refractivity contribution < 1.29 is 37.9 Å². The Labute approximate surface area is 77.4 Å². The third-order valence-corrected chi connectivity index (χ3v) is 0.983. The Morgan fingerprint density at radius 1 is 1.09 bits per heavy atom. The fraction of sp³-hybridized carbons (Fsp3) is 0.500. The molecule has 0 bridgehead atoms. The number of carbonyl (C=O) groups excluding carboxylic acids is 2. The Balaban J connectivity index is 0. The van der Waals surface area contributed by atoms with Gasteiger partial charge in [0, 0.05) is 0 Å². The van der Waals surface area contributed by atoms with Crippen LogP contribution in [0.15, 0.2) is 0 Å². The molecule has 0 aromatic heterocycles. The zero-order valence-electron chi connectivity index (χ0n) is 7.13. The molecule has 0 N–H and O–H groups in total. The second-order valence-corrected chi connectivity index (χ2v) is 1.61. The van der Waals surface area contributed by atoms with Gasteiger partial charge in [-0.1, -0.05) is 0 Å². The molecular formula is C6H9LiO4. The second kappa shape index (κ2) is 6.14. The fourth-order valence-electron chi connectivity index (χ4n) is 0.390.